The van der Waals surface area contributed by atoms with Crippen LogP contribution in [0.15, 0.2) is 53.0 Å². The van der Waals surface area contributed by atoms with E-state index in [1.165, 1.54) is 0 Å². The number of nitrogens with two attached hydrogens (primary N) is 1. The number of hydrogen-bond acceptors (Lipinski definition) is 3. The Morgan fingerprint density at radius 3 is 2.62 bits per heavy atom. The van der Waals surface area contributed by atoms with E-state index in [4.69, 9.17) is 10.5 Å². The second-order valence-electron chi connectivity index (χ2n) is 4.74. The van der Waals surface area contributed by atoms with Crippen molar-refractivity contribution in [2.24, 2.45) is 0 Å². The van der Waals surface area contributed by atoms with E-state index >= 15 is 0 Å². The molecule has 0 saturated heterocycles. The summed E-state index contributed by atoms with van der Waals surface area (Å²) in [5, 5.41) is 0. The minimum Gasteiger partial charge on any atom is -0.484 e. The molecule has 2 aromatic carbocycles. The van der Waals surface area contributed by atoms with Gasteiger partial charge in [0, 0.05) is 29.8 Å². The van der Waals surface area contributed by atoms with Crippen LogP contribution in [0.25, 0.3) is 0 Å². The SMILES string of the molecule is CN(Cc1ccc(Br)cc1)C(=O)COc1cccc(N)c1. The van der Waals surface area contributed by atoms with E-state index in [-0.39, 0.29) is 12.5 Å². The molecule has 0 aliphatic rings. The van der Waals surface area contributed by atoms with Gasteiger partial charge in [-0.15, -0.1) is 0 Å². The van der Waals surface area contributed by atoms with Crippen LogP contribution in [0.1, 0.15) is 5.56 Å². The van der Waals surface area contributed by atoms with Gasteiger partial charge < -0.3 is 15.4 Å². The fraction of sp³-hybridized carbons (Fsp3) is 0.188. The molecule has 0 spiro atoms. The highest BCUT2D eigenvalue weighted by Crippen LogP contribution is 2.15. The maximum atomic E-state index is 12.0. The number of rotatable bonds is 5. The maximum absolute atomic E-state index is 12.0. The van der Waals surface area contributed by atoms with Gasteiger partial charge in [-0.25, -0.2) is 0 Å². The van der Waals surface area contributed by atoms with Gasteiger partial charge in [0.15, 0.2) is 6.61 Å². The smallest absolute Gasteiger partial charge is 0.260 e. The molecule has 2 rings (SSSR count). The lowest BCUT2D eigenvalue weighted by molar-refractivity contribution is -0.132. The lowest BCUT2D eigenvalue weighted by atomic mass is 10.2. The topological polar surface area (TPSA) is 55.6 Å². The Kier molecular flexibility index (Phi) is 5.22. The molecule has 1 amide bonds. The van der Waals surface area contributed by atoms with Gasteiger partial charge in [0.05, 0.1) is 0 Å². The van der Waals surface area contributed by atoms with Crippen molar-refractivity contribution in [2.45, 2.75) is 6.54 Å². The van der Waals surface area contributed by atoms with Crippen LogP contribution >= 0.6 is 15.9 Å². The zero-order valence-electron chi connectivity index (χ0n) is 11.8. The second kappa shape index (κ2) is 7.13. The van der Waals surface area contributed by atoms with Crippen LogP contribution in [0, 0.1) is 0 Å². The summed E-state index contributed by atoms with van der Waals surface area (Å²) >= 11 is 3.39. The summed E-state index contributed by atoms with van der Waals surface area (Å²) in [7, 11) is 1.76. The monoisotopic (exact) mass is 348 g/mol. The number of halogens is 1. The molecular formula is C16H17BrN2O2. The van der Waals surface area contributed by atoms with Gasteiger partial charge in [0.2, 0.25) is 0 Å². The molecule has 0 atom stereocenters. The summed E-state index contributed by atoms with van der Waals surface area (Å²) in [5.41, 5.74) is 7.34. The standard InChI is InChI=1S/C16H17BrN2O2/c1-19(10-12-5-7-13(17)8-6-12)16(20)11-21-15-4-2-3-14(18)9-15/h2-9H,10-11,18H2,1H3. The van der Waals surface area contributed by atoms with E-state index in [0.717, 1.165) is 10.0 Å². The van der Waals surface area contributed by atoms with Crippen LogP contribution in [0.2, 0.25) is 0 Å². The summed E-state index contributed by atoms with van der Waals surface area (Å²) in [4.78, 5) is 13.7. The predicted molar refractivity (Wildman–Crippen MR) is 87.0 cm³/mol. The van der Waals surface area contributed by atoms with E-state index in [1.807, 2.05) is 24.3 Å². The van der Waals surface area contributed by atoms with E-state index in [2.05, 4.69) is 15.9 Å². The number of benzene rings is 2. The number of nitrogen functional groups attached to an aromatic ring is 1. The molecule has 0 bridgehead atoms. The first-order valence-corrected chi connectivity index (χ1v) is 7.30. The lowest BCUT2D eigenvalue weighted by Gasteiger charge is -2.17. The summed E-state index contributed by atoms with van der Waals surface area (Å²) in [6.07, 6.45) is 0. The molecule has 21 heavy (non-hydrogen) atoms. The molecule has 0 aromatic heterocycles. The van der Waals surface area contributed by atoms with Gasteiger partial charge in [-0.2, -0.15) is 0 Å². The fourth-order valence-electron chi connectivity index (χ4n) is 1.81. The van der Waals surface area contributed by atoms with Crippen LogP contribution in [-0.2, 0) is 11.3 Å². The summed E-state index contributed by atoms with van der Waals surface area (Å²) in [6, 6.07) is 14.9. The molecule has 4 nitrogen and oxygen atoms in total. The van der Waals surface area contributed by atoms with Crippen LogP contribution in [0.4, 0.5) is 5.69 Å². The second-order valence-corrected chi connectivity index (χ2v) is 5.65. The van der Waals surface area contributed by atoms with Crippen molar-refractivity contribution in [3.05, 3.63) is 58.6 Å². The van der Waals surface area contributed by atoms with Crippen molar-refractivity contribution in [1.29, 1.82) is 0 Å². The Morgan fingerprint density at radius 2 is 1.95 bits per heavy atom. The van der Waals surface area contributed by atoms with Crippen molar-refractivity contribution < 1.29 is 9.53 Å². The molecular weight excluding hydrogens is 332 g/mol. The van der Waals surface area contributed by atoms with E-state index in [9.17, 15) is 4.79 Å². The molecule has 0 saturated carbocycles. The number of anilines is 1. The van der Waals surface area contributed by atoms with Crippen molar-refractivity contribution in [3.63, 3.8) is 0 Å². The Labute approximate surface area is 132 Å². The highest BCUT2D eigenvalue weighted by molar-refractivity contribution is 9.10. The van der Waals surface area contributed by atoms with Crippen molar-refractivity contribution in [3.8, 4) is 5.75 Å². The Bertz CT molecular complexity index is 614. The maximum Gasteiger partial charge on any atom is 0.260 e. The first-order valence-electron chi connectivity index (χ1n) is 6.51. The van der Waals surface area contributed by atoms with Gasteiger partial charge >= 0.3 is 0 Å². The third-order valence-electron chi connectivity index (χ3n) is 2.98. The molecule has 2 aromatic rings. The molecule has 0 aliphatic heterocycles. The minimum absolute atomic E-state index is 0.00349. The quantitative estimate of drug-likeness (QED) is 0.844. The first-order chi connectivity index (χ1) is 10.0. The predicted octanol–water partition coefficient (Wildman–Crippen LogP) is 3.07. The van der Waals surface area contributed by atoms with E-state index < -0.39 is 0 Å². The van der Waals surface area contributed by atoms with Crippen molar-refractivity contribution in [2.75, 3.05) is 19.4 Å². The van der Waals surface area contributed by atoms with Gasteiger partial charge in [0.25, 0.3) is 5.91 Å². The first kappa shape index (κ1) is 15.4. The molecule has 0 aliphatic carbocycles. The number of ether oxygens (including phenoxy) is 1. The summed E-state index contributed by atoms with van der Waals surface area (Å²) in [5.74, 6) is 0.515. The third-order valence-corrected chi connectivity index (χ3v) is 3.51. The van der Waals surface area contributed by atoms with Gasteiger partial charge in [-0.1, -0.05) is 34.1 Å². The number of carbonyl (C=O) groups excluding carboxylic acids is 1. The Hall–Kier alpha value is -2.01. The van der Waals surface area contributed by atoms with E-state index in [0.29, 0.717) is 18.0 Å². The molecule has 5 heteroatoms. The molecule has 2 N–H and O–H groups in total. The van der Waals surface area contributed by atoms with Gasteiger partial charge in [-0.3, -0.25) is 4.79 Å². The van der Waals surface area contributed by atoms with Crippen LogP contribution in [0.3, 0.4) is 0 Å². The molecule has 110 valence electrons. The fourth-order valence-corrected chi connectivity index (χ4v) is 2.08. The highest BCUT2D eigenvalue weighted by atomic mass is 79.9. The number of amides is 1. The van der Waals surface area contributed by atoms with Crippen LogP contribution < -0.4 is 10.5 Å². The number of hydrogen-bond donors (Lipinski definition) is 1. The lowest BCUT2D eigenvalue weighted by Crippen LogP contribution is -2.30. The number of likely N-dealkylation sites (N-methyl/N-ethyl adjacent to an activating group) is 1. The summed E-state index contributed by atoms with van der Waals surface area (Å²) in [6.45, 7) is 0.545. The molecule has 0 fully saturated rings. The highest BCUT2D eigenvalue weighted by Gasteiger charge is 2.10. The van der Waals surface area contributed by atoms with Gasteiger partial charge in [-0.05, 0) is 29.8 Å². The third kappa shape index (κ3) is 4.79. The normalized spacial score (nSPS) is 10.2. The minimum atomic E-state index is -0.0830. The zero-order chi connectivity index (χ0) is 15.2. The number of carbonyl (C=O) groups is 1. The Balaban J connectivity index is 1.86. The van der Waals surface area contributed by atoms with Crippen molar-refractivity contribution >= 4 is 27.5 Å². The molecule has 0 unspecified atom stereocenters. The van der Waals surface area contributed by atoms with Crippen LogP contribution in [-0.4, -0.2) is 24.5 Å². The molecule has 0 radical (unpaired) electrons. The Morgan fingerprint density at radius 1 is 1.24 bits per heavy atom. The average Bonchev–Trinajstić information content (AvgIpc) is 2.47. The average molecular weight is 349 g/mol. The van der Waals surface area contributed by atoms with Gasteiger partial charge in [0.1, 0.15) is 5.75 Å². The summed E-state index contributed by atoms with van der Waals surface area (Å²) < 4.78 is 6.47. The van der Waals surface area contributed by atoms with E-state index in [1.54, 1.807) is 36.2 Å². The van der Waals surface area contributed by atoms with Crippen molar-refractivity contribution in [1.82, 2.24) is 4.90 Å². The molecule has 0 heterocycles. The van der Waals surface area contributed by atoms with Crippen LogP contribution in [0.5, 0.6) is 5.75 Å². The number of nitrogens with zero attached hydrogens (tertiary/aromatic N) is 1. The largest absolute Gasteiger partial charge is 0.484 e. The zero-order valence-corrected chi connectivity index (χ0v) is 13.3.